The fraction of sp³-hybridized carbons (Fsp3) is 0.379. The summed E-state index contributed by atoms with van der Waals surface area (Å²) in [6.45, 7) is 2.22. The van der Waals surface area contributed by atoms with Crippen molar-refractivity contribution in [3.63, 3.8) is 0 Å². The van der Waals surface area contributed by atoms with Crippen LogP contribution in [0.4, 0.5) is 13.2 Å². The van der Waals surface area contributed by atoms with Crippen LogP contribution < -0.4 is 10.1 Å². The summed E-state index contributed by atoms with van der Waals surface area (Å²) in [6.07, 6.45) is 1.50. The molecule has 9 heteroatoms. The number of benzene rings is 2. The number of aliphatic carboxylic acids is 1. The Morgan fingerprint density at radius 2 is 1.55 bits per heavy atom. The number of ether oxygens (including phenoxy) is 1. The Labute approximate surface area is 224 Å². The number of carbonyl (C=O) groups is 2. The van der Waals surface area contributed by atoms with Crippen LogP contribution in [0.15, 0.2) is 60.7 Å². The van der Waals surface area contributed by atoms with Gasteiger partial charge in [-0.25, -0.2) is 0 Å². The van der Waals surface area contributed by atoms with Crippen molar-refractivity contribution in [2.24, 2.45) is 0 Å². The number of carboxylic acid groups (broad SMARTS) is 1. The average Bonchev–Trinajstić information content (AvgIpc) is 3.38. The molecular formula is C29H32F3NO4S. The van der Waals surface area contributed by atoms with Crippen LogP contribution in [0.25, 0.3) is 11.1 Å². The van der Waals surface area contributed by atoms with Gasteiger partial charge in [0.1, 0.15) is 11.9 Å². The number of thiophene rings is 1. The molecule has 1 heterocycles. The molecule has 2 aromatic carbocycles. The van der Waals surface area contributed by atoms with Gasteiger partial charge in [-0.2, -0.15) is 13.2 Å². The van der Waals surface area contributed by atoms with Gasteiger partial charge in [-0.1, -0.05) is 56.9 Å². The van der Waals surface area contributed by atoms with Crippen LogP contribution in [0, 0.1) is 0 Å². The van der Waals surface area contributed by atoms with Gasteiger partial charge in [0.2, 0.25) is 0 Å². The smallest absolute Gasteiger partial charge is 0.416 e. The van der Waals surface area contributed by atoms with Crippen molar-refractivity contribution >= 4 is 23.2 Å². The minimum atomic E-state index is -4.37. The van der Waals surface area contributed by atoms with Gasteiger partial charge in [0.25, 0.3) is 5.91 Å². The zero-order valence-corrected chi connectivity index (χ0v) is 22.0. The van der Waals surface area contributed by atoms with E-state index in [2.05, 4.69) is 12.2 Å². The van der Waals surface area contributed by atoms with E-state index in [0.717, 1.165) is 54.7 Å². The molecule has 0 aliphatic carbocycles. The van der Waals surface area contributed by atoms with Gasteiger partial charge in [-0.3, -0.25) is 9.59 Å². The molecule has 3 aromatic rings. The van der Waals surface area contributed by atoms with Gasteiger partial charge in [0.15, 0.2) is 0 Å². The van der Waals surface area contributed by atoms with Crippen LogP contribution >= 0.6 is 11.3 Å². The van der Waals surface area contributed by atoms with Gasteiger partial charge < -0.3 is 15.2 Å². The van der Waals surface area contributed by atoms with Gasteiger partial charge in [0.05, 0.1) is 16.9 Å². The van der Waals surface area contributed by atoms with E-state index < -0.39 is 17.7 Å². The van der Waals surface area contributed by atoms with E-state index in [0.29, 0.717) is 16.2 Å². The molecule has 0 saturated carbocycles. The molecule has 0 radical (unpaired) electrons. The first kappa shape index (κ1) is 29.2. The lowest BCUT2D eigenvalue weighted by Crippen LogP contribution is -2.25. The molecule has 0 fully saturated rings. The maximum atomic E-state index is 12.9. The van der Waals surface area contributed by atoms with Crippen LogP contribution in [0.5, 0.6) is 5.75 Å². The largest absolute Gasteiger partial charge is 0.485 e. The van der Waals surface area contributed by atoms with Gasteiger partial charge >= 0.3 is 12.1 Å². The lowest BCUT2D eigenvalue weighted by molar-refractivity contribution is -0.138. The standard InChI is InChI=1S/C29H32F3NO4S/c1-2-3-4-5-6-7-24(25-16-17-26(38-25)28(36)33-19-18-27(34)35)37-23-14-10-21(11-15-23)20-8-12-22(13-9-20)29(30,31)32/h8-17,24H,2-7,18-19H2,1H3,(H,33,36)(H,34,35). The molecule has 1 atom stereocenters. The maximum absolute atomic E-state index is 12.9. The van der Waals surface area contributed by atoms with Crippen molar-refractivity contribution in [2.75, 3.05) is 6.54 Å². The summed E-state index contributed by atoms with van der Waals surface area (Å²) < 4.78 is 44.9. The summed E-state index contributed by atoms with van der Waals surface area (Å²) in [5.41, 5.74) is 0.765. The Hall–Kier alpha value is -3.33. The summed E-state index contributed by atoms with van der Waals surface area (Å²) in [5.74, 6) is -0.664. The second-order valence-electron chi connectivity index (χ2n) is 9.01. The van der Waals surface area contributed by atoms with Crippen molar-refractivity contribution in [1.82, 2.24) is 5.32 Å². The zero-order chi connectivity index (χ0) is 27.5. The third-order valence-corrected chi connectivity index (χ3v) is 7.22. The molecule has 0 bridgehead atoms. The Morgan fingerprint density at radius 3 is 2.16 bits per heavy atom. The monoisotopic (exact) mass is 547 g/mol. The fourth-order valence-corrected chi connectivity index (χ4v) is 4.94. The third-order valence-electron chi connectivity index (χ3n) is 6.04. The van der Waals surface area contributed by atoms with Crippen LogP contribution in [0.2, 0.25) is 0 Å². The lowest BCUT2D eigenvalue weighted by atomic mass is 10.0. The Morgan fingerprint density at radius 1 is 0.921 bits per heavy atom. The van der Waals surface area contributed by atoms with E-state index in [-0.39, 0.29) is 25.0 Å². The average molecular weight is 548 g/mol. The SMILES string of the molecule is CCCCCCCC(Oc1ccc(-c2ccc(C(F)(F)F)cc2)cc1)c1ccc(C(=O)NCCC(=O)O)s1. The molecule has 1 amide bonds. The first-order valence-electron chi connectivity index (χ1n) is 12.7. The molecule has 0 aliphatic rings. The van der Waals surface area contributed by atoms with Gasteiger partial charge in [0, 0.05) is 11.4 Å². The van der Waals surface area contributed by atoms with Crippen LogP contribution in [0.1, 0.15) is 78.1 Å². The Kier molecular flexibility index (Phi) is 10.8. The maximum Gasteiger partial charge on any atom is 0.416 e. The number of unbranched alkanes of at least 4 members (excludes halogenated alkanes) is 4. The predicted octanol–water partition coefficient (Wildman–Crippen LogP) is 8.12. The summed E-state index contributed by atoms with van der Waals surface area (Å²) in [5, 5.41) is 11.4. The number of nitrogens with one attached hydrogen (secondary N) is 1. The molecular weight excluding hydrogens is 515 g/mol. The molecule has 5 nitrogen and oxygen atoms in total. The molecule has 38 heavy (non-hydrogen) atoms. The van der Waals surface area contributed by atoms with Gasteiger partial charge in [-0.15, -0.1) is 11.3 Å². The van der Waals surface area contributed by atoms with Crippen molar-refractivity contribution < 1.29 is 32.6 Å². The minimum absolute atomic E-state index is 0.0596. The Bertz CT molecular complexity index is 1170. The summed E-state index contributed by atoms with van der Waals surface area (Å²) in [4.78, 5) is 24.5. The number of carbonyl (C=O) groups excluding carboxylic acids is 1. The van der Waals surface area contributed by atoms with Crippen LogP contribution in [-0.2, 0) is 11.0 Å². The van der Waals surface area contributed by atoms with E-state index in [9.17, 15) is 22.8 Å². The second-order valence-corrected chi connectivity index (χ2v) is 10.1. The van der Waals surface area contributed by atoms with Crippen molar-refractivity contribution in [2.45, 2.75) is 64.1 Å². The highest BCUT2D eigenvalue weighted by Gasteiger charge is 2.30. The normalized spacial score (nSPS) is 12.2. The minimum Gasteiger partial charge on any atom is -0.485 e. The highest BCUT2D eigenvalue weighted by atomic mass is 32.1. The van der Waals surface area contributed by atoms with E-state index in [4.69, 9.17) is 9.84 Å². The third kappa shape index (κ3) is 8.90. The highest BCUT2D eigenvalue weighted by molar-refractivity contribution is 7.14. The van der Waals surface area contributed by atoms with Crippen molar-refractivity contribution in [3.8, 4) is 16.9 Å². The molecule has 1 aromatic heterocycles. The first-order valence-corrected chi connectivity index (χ1v) is 13.5. The highest BCUT2D eigenvalue weighted by Crippen LogP contribution is 2.34. The molecule has 2 N–H and O–H groups in total. The summed E-state index contributed by atoms with van der Waals surface area (Å²) in [6, 6.07) is 15.8. The molecule has 0 saturated heterocycles. The lowest BCUT2D eigenvalue weighted by Gasteiger charge is -2.18. The molecule has 0 spiro atoms. The number of rotatable bonds is 14. The van der Waals surface area contributed by atoms with Crippen LogP contribution in [-0.4, -0.2) is 23.5 Å². The number of hydrogen-bond donors (Lipinski definition) is 2. The molecule has 3 rings (SSSR count). The van der Waals surface area contributed by atoms with Crippen molar-refractivity contribution in [1.29, 1.82) is 0 Å². The number of halogens is 3. The summed E-state index contributed by atoms with van der Waals surface area (Å²) in [7, 11) is 0. The van der Waals surface area contributed by atoms with Crippen LogP contribution in [0.3, 0.4) is 0 Å². The number of carboxylic acids is 1. The second kappa shape index (κ2) is 14.0. The molecule has 0 aliphatic heterocycles. The number of hydrogen-bond acceptors (Lipinski definition) is 4. The van der Waals surface area contributed by atoms with E-state index in [1.807, 2.05) is 18.2 Å². The Balaban J connectivity index is 1.70. The first-order chi connectivity index (χ1) is 18.2. The zero-order valence-electron chi connectivity index (χ0n) is 21.2. The van der Waals surface area contributed by atoms with E-state index >= 15 is 0 Å². The van der Waals surface area contributed by atoms with Gasteiger partial charge in [-0.05, 0) is 60.4 Å². The fourth-order valence-electron chi connectivity index (χ4n) is 3.95. The van der Waals surface area contributed by atoms with E-state index in [1.165, 1.54) is 29.9 Å². The molecule has 1 unspecified atom stereocenters. The quantitative estimate of drug-likeness (QED) is 0.200. The number of amides is 1. The predicted molar refractivity (Wildman–Crippen MR) is 143 cm³/mol. The summed E-state index contributed by atoms with van der Waals surface area (Å²) >= 11 is 1.32. The van der Waals surface area contributed by atoms with Crippen molar-refractivity contribution in [3.05, 3.63) is 76.0 Å². The molecule has 204 valence electrons. The number of alkyl halides is 3. The van der Waals surface area contributed by atoms with E-state index in [1.54, 1.807) is 18.2 Å². The topological polar surface area (TPSA) is 75.6 Å².